The fraction of sp³-hybridized carbons (Fsp3) is 0.806. The zero-order chi connectivity index (χ0) is 59.8. The number of esters is 2. The molecule has 0 amide bonds. The third-order valence-corrected chi connectivity index (χ3v) is 16.2. The maximum absolute atomic E-state index is 12.9. The molecule has 478 valence electrons. The highest BCUT2D eigenvalue weighted by Crippen LogP contribution is 2.43. The van der Waals surface area contributed by atoms with Crippen LogP contribution in [0.4, 0.5) is 0 Å². The van der Waals surface area contributed by atoms with Crippen LogP contribution in [-0.2, 0) is 32.7 Å². The van der Waals surface area contributed by atoms with Crippen molar-refractivity contribution in [1.29, 1.82) is 0 Å². The highest BCUT2D eigenvalue weighted by atomic mass is 31.2. The molecule has 0 rings (SSSR count). The Bertz CT molecular complexity index is 1610. The molecule has 0 aliphatic heterocycles. The average molecular weight is 1170 g/mol. The zero-order valence-corrected chi connectivity index (χ0v) is 55.4. The highest BCUT2D eigenvalue weighted by Gasteiger charge is 2.27. The van der Waals surface area contributed by atoms with E-state index in [2.05, 4.69) is 86.8 Å². The van der Waals surface area contributed by atoms with Gasteiger partial charge >= 0.3 is 19.8 Å². The summed E-state index contributed by atoms with van der Waals surface area (Å²) in [5.74, 6) is -0.789. The first-order chi connectivity index (χ1) is 40.0. The molecule has 0 radical (unpaired) electrons. The van der Waals surface area contributed by atoms with Crippen LogP contribution in [0.25, 0.3) is 0 Å². The summed E-state index contributed by atoms with van der Waals surface area (Å²) in [6, 6.07) is 0. The molecule has 2 atom stereocenters. The number of hydrogen-bond acceptors (Lipinski definition) is 7. The molecule has 0 bridgehead atoms. The number of phosphoric ester groups is 1. The number of likely N-dealkylation sites (N-methyl/N-ethyl adjacent to an activating group) is 1. The van der Waals surface area contributed by atoms with E-state index in [1.54, 1.807) is 0 Å². The average Bonchev–Trinajstić information content (AvgIpc) is 3.46. The van der Waals surface area contributed by atoms with Gasteiger partial charge in [-0.05, 0) is 83.5 Å². The van der Waals surface area contributed by atoms with Gasteiger partial charge < -0.3 is 18.9 Å². The minimum Gasteiger partial charge on any atom is -0.462 e. The van der Waals surface area contributed by atoms with Crippen LogP contribution < -0.4 is 0 Å². The molecule has 0 aromatic carbocycles. The third kappa shape index (κ3) is 66.6. The Morgan fingerprint density at radius 2 is 0.695 bits per heavy atom. The number of unbranched alkanes of at least 4 members (excludes halogenated alkanes) is 38. The Kier molecular flexibility index (Phi) is 61.0. The Labute approximate surface area is 508 Å². The first kappa shape index (κ1) is 79.5. The molecule has 0 aliphatic rings. The van der Waals surface area contributed by atoms with Gasteiger partial charge in [0.2, 0.25) is 0 Å². The Morgan fingerprint density at radius 3 is 1.05 bits per heavy atom. The van der Waals surface area contributed by atoms with Crippen molar-refractivity contribution in [1.82, 2.24) is 0 Å². The summed E-state index contributed by atoms with van der Waals surface area (Å²) in [7, 11) is 1.48. The number of quaternary nitrogens is 1. The Balaban J connectivity index is 4.03. The molecule has 0 spiro atoms. The summed E-state index contributed by atoms with van der Waals surface area (Å²) in [6.07, 6.45) is 84.3. The minimum absolute atomic E-state index is 0.0302. The van der Waals surface area contributed by atoms with Crippen LogP contribution in [0.2, 0.25) is 0 Å². The van der Waals surface area contributed by atoms with Gasteiger partial charge in [0.05, 0.1) is 27.7 Å². The fourth-order valence-electron chi connectivity index (χ4n) is 9.92. The number of ether oxygens (including phenoxy) is 2. The highest BCUT2D eigenvalue weighted by molar-refractivity contribution is 7.47. The van der Waals surface area contributed by atoms with Gasteiger partial charge in [-0.1, -0.05) is 299 Å². The smallest absolute Gasteiger partial charge is 0.462 e. The molecule has 0 fully saturated rings. The van der Waals surface area contributed by atoms with Gasteiger partial charge in [0, 0.05) is 12.8 Å². The summed E-state index contributed by atoms with van der Waals surface area (Å²) in [5.41, 5.74) is 0. The van der Waals surface area contributed by atoms with Crippen LogP contribution in [0, 0.1) is 0 Å². The number of rotatable bonds is 64. The third-order valence-electron chi connectivity index (χ3n) is 15.2. The summed E-state index contributed by atoms with van der Waals surface area (Å²) < 4.78 is 34.7. The van der Waals surface area contributed by atoms with E-state index < -0.39 is 26.5 Å². The lowest BCUT2D eigenvalue weighted by Gasteiger charge is -2.24. The van der Waals surface area contributed by atoms with Gasteiger partial charge in [0.25, 0.3) is 0 Å². The first-order valence-electron chi connectivity index (χ1n) is 34.7. The van der Waals surface area contributed by atoms with Crippen LogP contribution >= 0.6 is 7.82 Å². The molecule has 2 unspecified atom stereocenters. The molecule has 0 aromatic rings. The van der Waals surface area contributed by atoms with Crippen molar-refractivity contribution in [2.45, 2.75) is 328 Å². The fourth-order valence-corrected chi connectivity index (χ4v) is 10.7. The van der Waals surface area contributed by atoms with Crippen molar-refractivity contribution in [3.63, 3.8) is 0 Å². The monoisotopic (exact) mass is 1170 g/mol. The zero-order valence-electron chi connectivity index (χ0n) is 54.5. The van der Waals surface area contributed by atoms with Crippen molar-refractivity contribution in [2.75, 3.05) is 47.5 Å². The van der Waals surface area contributed by atoms with E-state index in [4.69, 9.17) is 18.5 Å². The number of carbonyl (C=O) groups excluding carboxylic acids is 2. The first-order valence-corrected chi connectivity index (χ1v) is 36.2. The molecule has 1 N–H and O–H groups in total. The number of carbonyl (C=O) groups is 2. The van der Waals surface area contributed by atoms with E-state index in [-0.39, 0.29) is 32.0 Å². The molecule has 82 heavy (non-hydrogen) atoms. The van der Waals surface area contributed by atoms with Crippen molar-refractivity contribution in [3.8, 4) is 0 Å². The normalized spacial score (nSPS) is 13.6. The largest absolute Gasteiger partial charge is 0.472 e. The molecule has 0 saturated heterocycles. The second-order valence-corrected chi connectivity index (χ2v) is 26.0. The molecule has 0 aliphatic carbocycles. The summed E-state index contributed by atoms with van der Waals surface area (Å²) in [4.78, 5) is 35.9. The molecule has 0 aromatic heterocycles. The van der Waals surface area contributed by atoms with Crippen LogP contribution in [0.15, 0.2) is 72.9 Å². The second kappa shape index (κ2) is 63.0. The van der Waals surface area contributed by atoms with Gasteiger partial charge in [-0.2, -0.15) is 0 Å². The lowest BCUT2D eigenvalue weighted by molar-refractivity contribution is -0.870. The van der Waals surface area contributed by atoms with Crippen molar-refractivity contribution in [2.24, 2.45) is 0 Å². The molecule has 0 heterocycles. The van der Waals surface area contributed by atoms with Gasteiger partial charge in [-0.25, -0.2) is 4.57 Å². The van der Waals surface area contributed by atoms with Crippen molar-refractivity contribution < 1.29 is 42.1 Å². The van der Waals surface area contributed by atoms with E-state index in [0.717, 1.165) is 70.6 Å². The molecular formula is C72H133NO8P+. The molecule has 10 heteroatoms. The van der Waals surface area contributed by atoms with Gasteiger partial charge in [-0.3, -0.25) is 18.6 Å². The molecule has 0 saturated carbocycles. The minimum atomic E-state index is -4.39. The Morgan fingerprint density at radius 1 is 0.390 bits per heavy atom. The predicted molar refractivity (Wildman–Crippen MR) is 353 cm³/mol. The summed E-state index contributed by atoms with van der Waals surface area (Å²) in [5, 5.41) is 0. The second-order valence-electron chi connectivity index (χ2n) is 24.5. The van der Waals surface area contributed by atoms with E-state index in [1.165, 1.54) is 218 Å². The molecular weight excluding hydrogens is 1040 g/mol. The van der Waals surface area contributed by atoms with E-state index in [0.29, 0.717) is 17.4 Å². The van der Waals surface area contributed by atoms with Crippen molar-refractivity contribution >= 4 is 19.8 Å². The van der Waals surface area contributed by atoms with E-state index in [9.17, 15) is 19.0 Å². The number of phosphoric acid groups is 1. The Hall–Kier alpha value is -2.55. The predicted octanol–water partition coefficient (Wildman–Crippen LogP) is 22.4. The molecule has 9 nitrogen and oxygen atoms in total. The van der Waals surface area contributed by atoms with Crippen molar-refractivity contribution in [3.05, 3.63) is 72.9 Å². The van der Waals surface area contributed by atoms with Crippen LogP contribution in [0.1, 0.15) is 322 Å². The SMILES string of the molecule is CC/C=C\C/C=C\C/C=C\C/C=C\C/C=C\CCCCCCCCCCCCCC(=O)OC(COC(=O)CCCCCCCCCCCCCCCCCCCCC/C=C\CCCCCCCCCC)COP(=O)(O)OCC[N+](C)(C)C. The maximum Gasteiger partial charge on any atom is 0.472 e. The number of allylic oxidation sites excluding steroid dienone is 12. The lowest BCUT2D eigenvalue weighted by Crippen LogP contribution is -2.37. The number of hydrogen-bond donors (Lipinski definition) is 1. The van der Waals surface area contributed by atoms with E-state index >= 15 is 0 Å². The van der Waals surface area contributed by atoms with Gasteiger partial charge in [-0.15, -0.1) is 0 Å². The standard InChI is InChI=1S/C72H132NO8P/c1-6-8-10-12-14-16-18-20-22-24-26-28-30-32-34-35-36-37-39-40-42-44-46-48-50-52-54-56-58-60-62-64-71(74)78-68-70(69-80-82(76,77)79-67-66-73(3,4)5)81-72(75)65-63-61-59-57-55-53-51-49-47-45-43-41-38-33-31-29-27-25-23-21-19-17-15-13-11-9-7-2/h9,11,15,17,21,23-24,26-27,29,33,38,70H,6-8,10,12-14,16,18-20,22,25,28,30-32,34-37,39-69H2,1-5H3/p+1/b11-9-,17-15-,23-21-,26-24-,29-27-,38-33-. The summed E-state index contributed by atoms with van der Waals surface area (Å²) in [6.45, 7) is 4.36. The maximum atomic E-state index is 12.9. The quantitative estimate of drug-likeness (QED) is 0.0211. The van der Waals surface area contributed by atoms with Gasteiger partial charge in [0.15, 0.2) is 6.10 Å². The topological polar surface area (TPSA) is 108 Å². The van der Waals surface area contributed by atoms with E-state index in [1.807, 2.05) is 21.1 Å². The van der Waals surface area contributed by atoms with Crippen LogP contribution in [0.5, 0.6) is 0 Å². The lowest BCUT2D eigenvalue weighted by atomic mass is 10.0. The van der Waals surface area contributed by atoms with Gasteiger partial charge in [0.1, 0.15) is 19.8 Å². The number of nitrogens with zero attached hydrogens (tertiary/aromatic N) is 1. The van der Waals surface area contributed by atoms with Crippen LogP contribution in [0.3, 0.4) is 0 Å². The summed E-state index contributed by atoms with van der Waals surface area (Å²) >= 11 is 0. The van der Waals surface area contributed by atoms with Crippen LogP contribution in [-0.4, -0.2) is 74.9 Å².